The van der Waals surface area contributed by atoms with Gasteiger partial charge in [-0.05, 0) is 45.2 Å². The van der Waals surface area contributed by atoms with Crippen molar-refractivity contribution >= 4 is 0 Å². The van der Waals surface area contributed by atoms with E-state index in [1.165, 1.54) is 32.4 Å². The summed E-state index contributed by atoms with van der Waals surface area (Å²) in [6.45, 7) is 7.72. The van der Waals surface area contributed by atoms with Crippen molar-refractivity contribution in [2.24, 2.45) is 5.92 Å². The molecule has 0 radical (unpaired) electrons. The lowest BCUT2D eigenvalue weighted by Gasteiger charge is -2.31. The largest absolute Gasteiger partial charge is 0.393 e. The van der Waals surface area contributed by atoms with E-state index >= 15 is 0 Å². The number of hydrogen-bond donors (Lipinski definition) is 1. The first kappa shape index (κ1) is 11.0. The third-order valence-electron chi connectivity index (χ3n) is 3.15. The molecule has 1 aliphatic rings. The van der Waals surface area contributed by atoms with Crippen LogP contribution in [0.3, 0.4) is 0 Å². The van der Waals surface area contributed by atoms with E-state index in [1.54, 1.807) is 0 Å². The Balaban J connectivity index is 2.10. The molecule has 0 saturated carbocycles. The van der Waals surface area contributed by atoms with Crippen LogP contribution in [0.2, 0.25) is 0 Å². The molecule has 0 aromatic heterocycles. The molecule has 2 nitrogen and oxygen atoms in total. The number of piperidine rings is 1. The van der Waals surface area contributed by atoms with Crippen molar-refractivity contribution in [3.05, 3.63) is 0 Å². The van der Waals surface area contributed by atoms with E-state index in [0.29, 0.717) is 0 Å². The average molecular weight is 185 g/mol. The molecule has 1 saturated heterocycles. The molecule has 1 aliphatic heterocycles. The Labute approximate surface area is 81.9 Å². The molecule has 0 spiro atoms. The monoisotopic (exact) mass is 185 g/mol. The van der Waals surface area contributed by atoms with Crippen molar-refractivity contribution in [2.45, 2.75) is 45.6 Å². The quantitative estimate of drug-likeness (QED) is 0.723. The summed E-state index contributed by atoms with van der Waals surface area (Å²) in [5.74, 6) is 0.961. The van der Waals surface area contributed by atoms with Crippen molar-refractivity contribution in [3.8, 4) is 0 Å². The highest BCUT2D eigenvalue weighted by Gasteiger charge is 2.17. The van der Waals surface area contributed by atoms with Crippen molar-refractivity contribution in [1.29, 1.82) is 0 Å². The van der Waals surface area contributed by atoms with Crippen LogP contribution < -0.4 is 0 Å². The van der Waals surface area contributed by atoms with E-state index in [1.807, 2.05) is 6.92 Å². The van der Waals surface area contributed by atoms with E-state index in [2.05, 4.69) is 11.8 Å². The van der Waals surface area contributed by atoms with Gasteiger partial charge in [-0.15, -0.1) is 0 Å². The fourth-order valence-corrected chi connectivity index (χ4v) is 1.99. The van der Waals surface area contributed by atoms with Crippen LogP contribution in [0.25, 0.3) is 0 Å². The normalized spacial score (nSPS) is 23.3. The predicted octanol–water partition coefficient (Wildman–Crippen LogP) is 1.88. The number of aliphatic hydroxyl groups excluding tert-OH is 1. The highest BCUT2D eigenvalue weighted by atomic mass is 16.3. The minimum absolute atomic E-state index is 0.135. The molecule has 0 bridgehead atoms. The number of hydrogen-bond acceptors (Lipinski definition) is 2. The molecule has 1 rings (SSSR count). The molecule has 0 aromatic carbocycles. The van der Waals surface area contributed by atoms with Crippen LogP contribution in [-0.4, -0.2) is 35.7 Å². The molecule has 1 N–H and O–H groups in total. The first-order chi connectivity index (χ1) is 6.22. The van der Waals surface area contributed by atoms with Crippen LogP contribution in [0.5, 0.6) is 0 Å². The minimum Gasteiger partial charge on any atom is -0.393 e. The summed E-state index contributed by atoms with van der Waals surface area (Å²) in [5.41, 5.74) is 0. The van der Waals surface area contributed by atoms with Gasteiger partial charge in [-0.1, -0.05) is 13.3 Å². The maximum absolute atomic E-state index is 9.15. The lowest BCUT2D eigenvalue weighted by Crippen LogP contribution is -2.35. The lowest BCUT2D eigenvalue weighted by molar-refractivity contribution is 0.132. The molecule has 78 valence electrons. The maximum atomic E-state index is 9.15. The third-order valence-corrected chi connectivity index (χ3v) is 3.15. The van der Waals surface area contributed by atoms with Gasteiger partial charge < -0.3 is 10.0 Å². The Bertz CT molecular complexity index is 128. The zero-order valence-electron chi connectivity index (χ0n) is 9.00. The standard InChI is InChI=1S/C11H23NO/c1-3-11-5-8-12(9-6-11)7-4-10(2)13/h10-11,13H,3-9H2,1-2H3. The molecule has 0 aliphatic carbocycles. The van der Waals surface area contributed by atoms with Gasteiger partial charge in [0.05, 0.1) is 6.10 Å². The molecule has 0 amide bonds. The summed E-state index contributed by atoms with van der Waals surface area (Å²) >= 11 is 0. The second kappa shape index (κ2) is 5.61. The molecule has 13 heavy (non-hydrogen) atoms. The van der Waals surface area contributed by atoms with E-state index in [9.17, 15) is 0 Å². The first-order valence-electron chi connectivity index (χ1n) is 5.62. The zero-order valence-corrected chi connectivity index (χ0v) is 9.00. The molecule has 1 atom stereocenters. The maximum Gasteiger partial charge on any atom is 0.0524 e. The van der Waals surface area contributed by atoms with E-state index in [4.69, 9.17) is 5.11 Å². The van der Waals surface area contributed by atoms with Gasteiger partial charge in [0.1, 0.15) is 0 Å². The summed E-state index contributed by atoms with van der Waals surface area (Å²) in [7, 11) is 0. The Morgan fingerprint density at radius 1 is 1.38 bits per heavy atom. The van der Waals surface area contributed by atoms with E-state index in [-0.39, 0.29) is 6.10 Å². The van der Waals surface area contributed by atoms with Crippen LogP contribution in [-0.2, 0) is 0 Å². The molecular formula is C11H23NO. The van der Waals surface area contributed by atoms with Crippen LogP contribution >= 0.6 is 0 Å². The van der Waals surface area contributed by atoms with Gasteiger partial charge in [-0.3, -0.25) is 0 Å². The SMILES string of the molecule is CCC1CCN(CCC(C)O)CC1. The fourth-order valence-electron chi connectivity index (χ4n) is 1.99. The Kier molecular flexibility index (Phi) is 4.74. The summed E-state index contributed by atoms with van der Waals surface area (Å²) < 4.78 is 0. The molecule has 1 unspecified atom stereocenters. The molecular weight excluding hydrogens is 162 g/mol. The summed E-state index contributed by atoms with van der Waals surface area (Å²) in [4.78, 5) is 2.49. The summed E-state index contributed by atoms with van der Waals surface area (Å²) in [6.07, 6.45) is 4.84. The second-order valence-corrected chi connectivity index (χ2v) is 4.33. The molecule has 2 heteroatoms. The van der Waals surface area contributed by atoms with Crippen molar-refractivity contribution in [3.63, 3.8) is 0 Å². The van der Waals surface area contributed by atoms with Crippen LogP contribution in [0, 0.1) is 5.92 Å². The van der Waals surface area contributed by atoms with Gasteiger partial charge in [0, 0.05) is 6.54 Å². The summed E-state index contributed by atoms with van der Waals surface area (Å²) in [6, 6.07) is 0. The van der Waals surface area contributed by atoms with Crippen molar-refractivity contribution < 1.29 is 5.11 Å². The van der Waals surface area contributed by atoms with E-state index < -0.39 is 0 Å². The Morgan fingerprint density at radius 3 is 2.46 bits per heavy atom. The number of likely N-dealkylation sites (tertiary alicyclic amines) is 1. The van der Waals surface area contributed by atoms with Crippen molar-refractivity contribution in [2.75, 3.05) is 19.6 Å². The smallest absolute Gasteiger partial charge is 0.0524 e. The van der Waals surface area contributed by atoms with Crippen LogP contribution in [0.15, 0.2) is 0 Å². The Morgan fingerprint density at radius 2 is 2.00 bits per heavy atom. The van der Waals surface area contributed by atoms with Crippen LogP contribution in [0.4, 0.5) is 0 Å². The van der Waals surface area contributed by atoms with Gasteiger partial charge >= 0.3 is 0 Å². The second-order valence-electron chi connectivity index (χ2n) is 4.33. The van der Waals surface area contributed by atoms with Gasteiger partial charge in [0.15, 0.2) is 0 Å². The third kappa shape index (κ3) is 4.10. The van der Waals surface area contributed by atoms with E-state index in [0.717, 1.165) is 18.9 Å². The highest BCUT2D eigenvalue weighted by molar-refractivity contribution is 4.71. The zero-order chi connectivity index (χ0) is 9.68. The van der Waals surface area contributed by atoms with Crippen molar-refractivity contribution in [1.82, 2.24) is 4.90 Å². The molecule has 1 heterocycles. The topological polar surface area (TPSA) is 23.5 Å². The highest BCUT2D eigenvalue weighted by Crippen LogP contribution is 2.19. The lowest BCUT2D eigenvalue weighted by atomic mass is 9.94. The van der Waals surface area contributed by atoms with Crippen LogP contribution in [0.1, 0.15) is 39.5 Å². The molecule has 0 aromatic rings. The number of aliphatic hydroxyl groups is 1. The number of rotatable bonds is 4. The predicted molar refractivity (Wildman–Crippen MR) is 55.8 cm³/mol. The number of nitrogens with zero attached hydrogens (tertiary/aromatic N) is 1. The fraction of sp³-hybridized carbons (Fsp3) is 1.00. The average Bonchev–Trinajstić information content (AvgIpc) is 2.15. The van der Waals surface area contributed by atoms with Gasteiger partial charge in [0.2, 0.25) is 0 Å². The molecule has 1 fully saturated rings. The van der Waals surface area contributed by atoms with Gasteiger partial charge in [-0.2, -0.15) is 0 Å². The minimum atomic E-state index is -0.135. The Hall–Kier alpha value is -0.0800. The summed E-state index contributed by atoms with van der Waals surface area (Å²) in [5, 5.41) is 9.15. The van der Waals surface area contributed by atoms with Gasteiger partial charge in [-0.25, -0.2) is 0 Å². The van der Waals surface area contributed by atoms with Gasteiger partial charge in [0.25, 0.3) is 0 Å². The first-order valence-corrected chi connectivity index (χ1v) is 5.62.